The van der Waals surface area contributed by atoms with Crippen molar-refractivity contribution in [1.82, 2.24) is 0 Å². The summed E-state index contributed by atoms with van der Waals surface area (Å²) in [5, 5.41) is 9.63. The molecule has 0 aliphatic carbocycles. The number of likely N-dealkylation sites (N-methyl/N-ethyl adjacent to an activating group) is 1. The molecule has 0 saturated heterocycles. The van der Waals surface area contributed by atoms with Gasteiger partial charge >= 0.3 is 17.9 Å². The van der Waals surface area contributed by atoms with Crippen LogP contribution in [0.2, 0.25) is 0 Å². The van der Waals surface area contributed by atoms with E-state index in [-0.39, 0.29) is 38.6 Å². The molecule has 0 saturated carbocycles. The third kappa shape index (κ3) is 49.6. The summed E-state index contributed by atoms with van der Waals surface area (Å²) in [6.45, 7) is 4.66. The van der Waals surface area contributed by atoms with E-state index in [4.69, 9.17) is 18.9 Å². The van der Waals surface area contributed by atoms with Crippen LogP contribution < -0.4 is 0 Å². The van der Waals surface area contributed by atoms with Crippen molar-refractivity contribution in [2.45, 2.75) is 187 Å². The zero-order valence-electron chi connectivity index (χ0n) is 43.5. The number of rotatable bonds is 46. The predicted octanol–water partition coefficient (Wildman–Crippen LogP) is 14.9. The number of hydrogen-bond acceptors (Lipinski definition) is 7. The maximum atomic E-state index is 12.8. The van der Waals surface area contributed by atoms with Gasteiger partial charge < -0.3 is 28.5 Å². The smallest absolute Gasteiger partial charge is 0.361 e. The molecule has 0 amide bonds. The summed E-state index contributed by atoms with van der Waals surface area (Å²) in [5.41, 5.74) is 0. The van der Waals surface area contributed by atoms with Gasteiger partial charge in [-0.1, -0.05) is 193 Å². The Balaban J connectivity index is 4.24. The van der Waals surface area contributed by atoms with Gasteiger partial charge in [-0.3, -0.25) is 9.59 Å². The third-order valence-electron chi connectivity index (χ3n) is 10.5. The molecule has 9 heteroatoms. The van der Waals surface area contributed by atoms with Gasteiger partial charge in [-0.25, -0.2) is 4.79 Å². The Labute approximate surface area is 415 Å². The molecule has 9 nitrogen and oxygen atoms in total. The minimum absolute atomic E-state index is 0.177. The summed E-state index contributed by atoms with van der Waals surface area (Å²) < 4.78 is 22.7. The number of carboxylic acids is 1. The molecular weight excluding hydrogens is 851 g/mol. The molecule has 0 aromatic rings. The molecule has 0 aromatic heterocycles. The number of esters is 2. The van der Waals surface area contributed by atoms with Gasteiger partial charge in [0.15, 0.2) is 6.10 Å². The SMILES string of the molecule is CC/C=C\C/C=C\C/C=C\C/C=C\C/C=C\C/C=C\C/C=C\C/C=C\C/C=C\C/C=C\CCCCCCC(=O)OC(COC(=O)CCCCCCCCCC)COC(OCC[N+](C)(C)C)C(=O)O. The van der Waals surface area contributed by atoms with E-state index in [0.717, 1.165) is 109 Å². The Morgan fingerprint density at radius 3 is 1.25 bits per heavy atom. The molecule has 2 atom stereocenters. The Morgan fingerprint density at radius 1 is 0.456 bits per heavy atom. The van der Waals surface area contributed by atoms with Crippen LogP contribution in [0, 0.1) is 0 Å². The lowest BCUT2D eigenvalue weighted by atomic mass is 10.1. The van der Waals surface area contributed by atoms with Gasteiger partial charge in [-0.15, -0.1) is 0 Å². The van der Waals surface area contributed by atoms with Crippen LogP contribution in [0.3, 0.4) is 0 Å². The summed E-state index contributed by atoms with van der Waals surface area (Å²) in [4.78, 5) is 37.1. The molecule has 0 aliphatic heterocycles. The summed E-state index contributed by atoms with van der Waals surface area (Å²) >= 11 is 0. The van der Waals surface area contributed by atoms with Crippen molar-refractivity contribution >= 4 is 17.9 Å². The summed E-state index contributed by atoms with van der Waals surface area (Å²) in [6, 6.07) is 0. The summed E-state index contributed by atoms with van der Waals surface area (Å²) in [5.74, 6) is -2.06. The summed E-state index contributed by atoms with van der Waals surface area (Å²) in [6.07, 6.45) is 65.8. The first-order chi connectivity index (χ1) is 33.1. The molecular formula is C59H96NO8+. The third-order valence-corrected chi connectivity index (χ3v) is 10.5. The standard InChI is InChI=1S/C59H95NO8/c1-6-8-10-12-14-16-17-18-19-20-21-22-23-24-25-26-27-28-29-30-31-32-33-34-35-36-37-38-39-40-41-42-44-46-48-50-57(62)68-55(54-67-59(58(63)64)65-52-51-60(3,4)5)53-66-56(61)49-47-45-43-15-13-11-9-7-2/h8,10,14,16,18-19,21-22,24-25,27-28,30-31,33-34,36-37,39-40,55,59H,6-7,9,11-13,15,17,20,23,26,29,32,35,38,41-54H2,1-5H3/p+1/b10-8-,16-14-,19-18-,22-21-,25-24-,28-27-,31-30-,34-33-,37-36-,40-39-. The van der Waals surface area contributed by atoms with Gasteiger partial charge in [0.05, 0.1) is 34.4 Å². The second-order valence-electron chi connectivity index (χ2n) is 18.1. The number of allylic oxidation sites excluding steroid dienone is 20. The first-order valence-corrected chi connectivity index (χ1v) is 26.2. The first kappa shape index (κ1) is 63.7. The lowest BCUT2D eigenvalue weighted by Crippen LogP contribution is -2.40. The van der Waals surface area contributed by atoms with Crippen LogP contribution in [0.5, 0.6) is 0 Å². The molecule has 0 aromatic carbocycles. The van der Waals surface area contributed by atoms with Crippen molar-refractivity contribution in [2.24, 2.45) is 0 Å². The van der Waals surface area contributed by atoms with Gasteiger partial charge in [0, 0.05) is 12.8 Å². The number of quaternary nitrogens is 1. The second kappa shape index (κ2) is 49.1. The highest BCUT2D eigenvalue weighted by Gasteiger charge is 2.25. The number of carbonyl (C=O) groups is 3. The zero-order chi connectivity index (χ0) is 49.9. The normalized spacial score (nSPS) is 13.8. The number of ether oxygens (including phenoxy) is 4. The van der Waals surface area contributed by atoms with Gasteiger partial charge in [-0.05, 0) is 89.9 Å². The van der Waals surface area contributed by atoms with Crippen LogP contribution in [0.1, 0.15) is 174 Å². The van der Waals surface area contributed by atoms with E-state index in [0.29, 0.717) is 17.4 Å². The van der Waals surface area contributed by atoms with Crippen molar-refractivity contribution in [2.75, 3.05) is 47.5 Å². The fraction of sp³-hybridized carbons (Fsp3) is 0.610. The van der Waals surface area contributed by atoms with E-state index in [1.165, 1.54) is 32.1 Å². The Hall–Kier alpha value is -4.31. The Kier molecular flexibility index (Phi) is 46.0. The monoisotopic (exact) mass is 947 g/mol. The molecule has 0 spiro atoms. The lowest BCUT2D eigenvalue weighted by molar-refractivity contribution is -0.870. The molecule has 0 aliphatic rings. The maximum absolute atomic E-state index is 12.8. The number of unbranched alkanes of at least 4 members (excludes halogenated alkanes) is 11. The largest absolute Gasteiger partial charge is 0.477 e. The molecule has 2 unspecified atom stereocenters. The average molecular weight is 947 g/mol. The van der Waals surface area contributed by atoms with E-state index < -0.39 is 24.3 Å². The second-order valence-corrected chi connectivity index (χ2v) is 18.1. The summed E-state index contributed by atoms with van der Waals surface area (Å²) in [7, 11) is 5.93. The van der Waals surface area contributed by atoms with E-state index in [1.807, 2.05) is 21.1 Å². The van der Waals surface area contributed by atoms with Crippen LogP contribution in [0.4, 0.5) is 0 Å². The van der Waals surface area contributed by atoms with E-state index in [1.54, 1.807) is 0 Å². The van der Waals surface area contributed by atoms with E-state index in [9.17, 15) is 19.5 Å². The maximum Gasteiger partial charge on any atom is 0.361 e. The van der Waals surface area contributed by atoms with E-state index in [2.05, 4.69) is 135 Å². The lowest BCUT2D eigenvalue weighted by Gasteiger charge is -2.25. The molecule has 384 valence electrons. The predicted molar refractivity (Wildman–Crippen MR) is 285 cm³/mol. The minimum Gasteiger partial charge on any atom is -0.477 e. The zero-order valence-corrected chi connectivity index (χ0v) is 43.5. The topological polar surface area (TPSA) is 108 Å². The van der Waals surface area contributed by atoms with Gasteiger partial charge in [0.25, 0.3) is 6.29 Å². The quantitative estimate of drug-likeness (QED) is 0.0211. The van der Waals surface area contributed by atoms with Crippen molar-refractivity contribution in [1.29, 1.82) is 0 Å². The molecule has 0 radical (unpaired) electrons. The molecule has 1 N–H and O–H groups in total. The van der Waals surface area contributed by atoms with Crippen LogP contribution in [-0.2, 0) is 33.3 Å². The number of carboxylic acid groups (broad SMARTS) is 1. The van der Waals surface area contributed by atoms with Crippen molar-refractivity contribution < 1.29 is 42.9 Å². The molecule has 0 rings (SSSR count). The van der Waals surface area contributed by atoms with Crippen molar-refractivity contribution in [3.05, 3.63) is 122 Å². The highest BCUT2D eigenvalue weighted by atomic mass is 16.7. The fourth-order valence-corrected chi connectivity index (χ4v) is 6.45. The fourth-order valence-electron chi connectivity index (χ4n) is 6.45. The molecule has 68 heavy (non-hydrogen) atoms. The Morgan fingerprint density at radius 2 is 0.838 bits per heavy atom. The van der Waals surface area contributed by atoms with Crippen molar-refractivity contribution in [3.63, 3.8) is 0 Å². The molecule has 0 fully saturated rings. The Bertz CT molecular complexity index is 1520. The first-order valence-electron chi connectivity index (χ1n) is 26.2. The number of carbonyl (C=O) groups excluding carboxylic acids is 2. The van der Waals surface area contributed by atoms with Crippen LogP contribution >= 0.6 is 0 Å². The highest BCUT2D eigenvalue weighted by molar-refractivity contribution is 5.71. The number of nitrogens with zero attached hydrogens (tertiary/aromatic N) is 1. The highest BCUT2D eigenvalue weighted by Crippen LogP contribution is 2.12. The number of hydrogen-bond donors (Lipinski definition) is 1. The van der Waals surface area contributed by atoms with Gasteiger partial charge in [-0.2, -0.15) is 0 Å². The van der Waals surface area contributed by atoms with E-state index >= 15 is 0 Å². The average Bonchev–Trinajstić information content (AvgIpc) is 3.30. The van der Waals surface area contributed by atoms with Gasteiger partial charge in [0.2, 0.25) is 0 Å². The molecule has 0 heterocycles. The van der Waals surface area contributed by atoms with Gasteiger partial charge in [0.1, 0.15) is 13.2 Å². The van der Waals surface area contributed by atoms with Crippen LogP contribution in [-0.4, -0.2) is 87.4 Å². The van der Waals surface area contributed by atoms with Crippen LogP contribution in [0.25, 0.3) is 0 Å². The van der Waals surface area contributed by atoms with Crippen molar-refractivity contribution in [3.8, 4) is 0 Å². The minimum atomic E-state index is -1.52. The number of aliphatic carboxylic acids is 1. The van der Waals surface area contributed by atoms with Crippen LogP contribution in [0.15, 0.2) is 122 Å². The molecule has 0 bridgehead atoms.